The maximum atomic E-state index is 12.4. The van der Waals surface area contributed by atoms with Crippen LogP contribution in [0.5, 0.6) is 0 Å². The average molecular weight is 351 g/mol. The molecule has 0 heterocycles. The molecule has 0 aliphatic carbocycles. The van der Waals surface area contributed by atoms with E-state index in [-0.39, 0.29) is 17.3 Å². The van der Waals surface area contributed by atoms with Gasteiger partial charge in [0.05, 0.1) is 4.92 Å². The molecule has 0 unspecified atom stereocenters. The molecule has 0 aromatic heterocycles. The number of rotatable bonds is 5. The summed E-state index contributed by atoms with van der Waals surface area (Å²) in [5, 5.41) is 14.0. The molecule has 7 nitrogen and oxygen atoms in total. The highest BCUT2D eigenvalue weighted by molar-refractivity contribution is 5.69. The molecular weight excluding hydrogens is 322 g/mol. The number of benzene rings is 1. The number of carbonyl (C=O) groups is 1. The summed E-state index contributed by atoms with van der Waals surface area (Å²) in [4.78, 5) is 24.5. The molecule has 0 bridgehead atoms. The van der Waals surface area contributed by atoms with Gasteiger partial charge in [0.15, 0.2) is 0 Å². The smallest absolute Gasteiger partial charge is 0.410 e. The van der Waals surface area contributed by atoms with Gasteiger partial charge in [-0.15, -0.1) is 0 Å². The predicted octanol–water partition coefficient (Wildman–Crippen LogP) is 4.35. The average Bonchev–Trinajstić information content (AvgIpc) is 2.41. The third-order valence-electron chi connectivity index (χ3n) is 3.50. The molecule has 7 heteroatoms. The van der Waals surface area contributed by atoms with Gasteiger partial charge in [-0.25, -0.2) is 4.79 Å². The summed E-state index contributed by atoms with van der Waals surface area (Å²) < 4.78 is 5.48. The first-order chi connectivity index (χ1) is 11.3. The van der Waals surface area contributed by atoms with Crippen molar-refractivity contribution in [2.75, 3.05) is 18.4 Å². The highest BCUT2D eigenvalue weighted by atomic mass is 16.6. The summed E-state index contributed by atoms with van der Waals surface area (Å²) in [7, 11) is 0. The summed E-state index contributed by atoms with van der Waals surface area (Å²) in [6.45, 7) is 14.1. The van der Waals surface area contributed by atoms with Crippen LogP contribution in [0.2, 0.25) is 0 Å². The topological polar surface area (TPSA) is 84.7 Å². The van der Waals surface area contributed by atoms with Gasteiger partial charge in [0.2, 0.25) is 0 Å². The zero-order chi connectivity index (χ0) is 19.4. The third kappa shape index (κ3) is 6.60. The minimum atomic E-state index is -0.553. The molecule has 1 rings (SSSR count). The van der Waals surface area contributed by atoms with Crippen molar-refractivity contribution in [2.24, 2.45) is 0 Å². The van der Waals surface area contributed by atoms with Gasteiger partial charge in [0, 0.05) is 36.4 Å². The van der Waals surface area contributed by atoms with Gasteiger partial charge in [-0.2, -0.15) is 0 Å². The molecule has 0 aliphatic heterocycles. The Balaban J connectivity index is 2.75. The van der Waals surface area contributed by atoms with Crippen molar-refractivity contribution < 1.29 is 14.5 Å². The number of hydrogen-bond donors (Lipinski definition) is 1. The fourth-order valence-electron chi connectivity index (χ4n) is 2.28. The van der Waals surface area contributed by atoms with Gasteiger partial charge in [-0.1, -0.05) is 0 Å². The normalized spacial score (nSPS) is 11.8. The van der Waals surface area contributed by atoms with Crippen molar-refractivity contribution in [2.45, 2.75) is 59.6 Å². The van der Waals surface area contributed by atoms with Crippen LogP contribution in [0.4, 0.5) is 16.2 Å². The number of carbonyl (C=O) groups excluding carboxylic acids is 1. The Kier molecular flexibility index (Phi) is 6.40. The molecule has 1 aromatic rings. The Bertz CT molecular complexity index is 630. The molecule has 0 radical (unpaired) electrons. The molecule has 0 fully saturated rings. The largest absolute Gasteiger partial charge is 0.444 e. The first-order valence-electron chi connectivity index (χ1n) is 8.31. The van der Waals surface area contributed by atoms with E-state index in [0.29, 0.717) is 13.1 Å². The van der Waals surface area contributed by atoms with Crippen LogP contribution in [0.1, 0.15) is 47.1 Å². The summed E-state index contributed by atoms with van der Waals surface area (Å²) in [6.07, 6.45) is -0.359. The second-order valence-electron chi connectivity index (χ2n) is 7.99. The van der Waals surface area contributed by atoms with E-state index in [0.717, 1.165) is 11.3 Å². The summed E-state index contributed by atoms with van der Waals surface area (Å²) in [5.74, 6) is 0. The van der Waals surface area contributed by atoms with Gasteiger partial charge >= 0.3 is 6.09 Å². The van der Waals surface area contributed by atoms with E-state index in [2.05, 4.69) is 5.32 Å². The van der Waals surface area contributed by atoms with Gasteiger partial charge in [-0.05, 0) is 60.1 Å². The SMILES string of the molecule is Cc1cc([N+](=O)[O-])ccc1NCCN(C(=O)OC(C)(C)C)C(C)(C)C. The van der Waals surface area contributed by atoms with Crippen LogP contribution < -0.4 is 5.32 Å². The van der Waals surface area contributed by atoms with Crippen molar-refractivity contribution in [3.05, 3.63) is 33.9 Å². The molecule has 1 aromatic carbocycles. The molecular formula is C18H29N3O4. The Hall–Kier alpha value is -2.31. The highest BCUT2D eigenvalue weighted by Gasteiger charge is 2.30. The lowest BCUT2D eigenvalue weighted by atomic mass is 10.1. The van der Waals surface area contributed by atoms with Gasteiger partial charge < -0.3 is 15.0 Å². The maximum absolute atomic E-state index is 12.4. The van der Waals surface area contributed by atoms with E-state index in [1.165, 1.54) is 12.1 Å². The Morgan fingerprint density at radius 3 is 2.28 bits per heavy atom. The summed E-state index contributed by atoms with van der Waals surface area (Å²) in [6, 6.07) is 4.67. The lowest BCUT2D eigenvalue weighted by molar-refractivity contribution is -0.384. The number of nitrogens with one attached hydrogen (secondary N) is 1. The monoisotopic (exact) mass is 351 g/mol. The molecule has 0 atom stereocenters. The van der Waals surface area contributed by atoms with E-state index in [4.69, 9.17) is 4.74 Å². The standard InChI is InChI=1S/C18H29N3O4/c1-13-12-14(21(23)24)8-9-15(13)19-10-11-20(17(2,3)4)16(22)25-18(5,6)7/h8-9,12,19H,10-11H2,1-7H3. The zero-order valence-corrected chi connectivity index (χ0v) is 16.2. The molecule has 0 saturated heterocycles. The van der Waals surface area contributed by atoms with E-state index >= 15 is 0 Å². The minimum absolute atomic E-state index is 0.0631. The number of nitro groups is 1. The predicted molar refractivity (Wildman–Crippen MR) is 99.0 cm³/mol. The van der Waals surface area contributed by atoms with Crippen molar-refractivity contribution in [3.63, 3.8) is 0 Å². The number of nitro benzene ring substituents is 1. The van der Waals surface area contributed by atoms with Crippen molar-refractivity contribution in [3.8, 4) is 0 Å². The van der Waals surface area contributed by atoms with Crippen LogP contribution in [0, 0.1) is 17.0 Å². The molecule has 1 N–H and O–H groups in total. The van der Waals surface area contributed by atoms with E-state index in [9.17, 15) is 14.9 Å². The molecule has 1 amide bonds. The Morgan fingerprint density at radius 2 is 1.84 bits per heavy atom. The van der Waals surface area contributed by atoms with Crippen molar-refractivity contribution in [1.29, 1.82) is 0 Å². The van der Waals surface area contributed by atoms with Crippen molar-refractivity contribution in [1.82, 2.24) is 4.90 Å². The number of hydrogen-bond acceptors (Lipinski definition) is 5. The minimum Gasteiger partial charge on any atom is -0.444 e. The Labute approximate surface area is 149 Å². The fourth-order valence-corrected chi connectivity index (χ4v) is 2.28. The zero-order valence-electron chi connectivity index (χ0n) is 16.2. The lowest BCUT2D eigenvalue weighted by Crippen LogP contribution is -2.49. The van der Waals surface area contributed by atoms with Crippen LogP contribution in [0.15, 0.2) is 18.2 Å². The van der Waals surface area contributed by atoms with Crippen LogP contribution in [0.3, 0.4) is 0 Å². The number of amides is 1. The van der Waals surface area contributed by atoms with E-state index in [1.807, 2.05) is 48.5 Å². The van der Waals surface area contributed by atoms with Crippen LogP contribution in [-0.2, 0) is 4.74 Å². The van der Waals surface area contributed by atoms with Crippen molar-refractivity contribution >= 4 is 17.5 Å². The van der Waals surface area contributed by atoms with Gasteiger partial charge in [-0.3, -0.25) is 10.1 Å². The highest BCUT2D eigenvalue weighted by Crippen LogP contribution is 2.22. The summed E-state index contributed by atoms with van der Waals surface area (Å²) in [5.41, 5.74) is 0.725. The number of ether oxygens (including phenoxy) is 1. The summed E-state index contributed by atoms with van der Waals surface area (Å²) >= 11 is 0. The quantitative estimate of drug-likeness (QED) is 0.629. The molecule has 140 valence electrons. The molecule has 0 aliphatic rings. The number of nitrogens with zero attached hydrogens (tertiary/aromatic N) is 2. The van der Waals surface area contributed by atoms with Crippen LogP contribution in [-0.4, -0.2) is 40.1 Å². The second kappa shape index (κ2) is 7.72. The molecule has 0 spiro atoms. The van der Waals surface area contributed by atoms with Gasteiger partial charge in [0.25, 0.3) is 5.69 Å². The number of anilines is 1. The fraction of sp³-hybridized carbons (Fsp3) is 0.611. The van der Waals surface area contributed by atoms with E-state index < -0.39 is 10.5 Å². The number of non-ortho nitro benzene ring substituents is 1. The van der Waals surface area contributed by atoms with Gasteiger partial charge in [0.1, 0.15) is 5.60 Å². The maximum Gasteiger partial charge on any atom is 0.410 e. The first-order valence-corrected chi connectivity index (χ1v) is 8.31. The van der Waals surface area contributed by atoms with Crippen LogP contribution in [0.25, 0.3) is 0 Å². The second-order valence-corrected chi connectivity index (χ2v) is 7.99. The third-order valence-corrected chi connectivity index (χ3v) is 3.50. The number of aryl methyl sites for hydroxylation is 1. The molecule has 0 saturated carbocycles. The first kappa shape index (κ1) is 20.7. The Morgan fingerprint density at radius 1 is 1.24 bits per heavy atom. The lowest BCUT2D eigenvalue weighted by Gasteiger charge is -2.37. The van der Waals surface area contributed by atoms with Crippen LogP contribution >= 0.6 is 0 Å². The molecule has 25 heavy (non-hydrogen) atoms. The van der Waals surface area contributed by atoms with E-state index in [1.54, 1.807) is 11.0 Å².